The van der Waals surface area contributed by atoms with Gasteiger partial charge in [0.15, 0.2) is 5.65 Å². The standard InChI is InChI=1S/C12H9ClN4O2/c13-12-16-10-9(14-6-15-10)11(17-12)19-8-3-1-7(5-18)2-4-8/h1-4,6,18H,5H2,(H,14,15,16,17). The van der Waals surface area contributed by atoms with E-state index in [1.54, 1.807) is 24.3 Å². The third-order valence-electron chi connectivity index (χ3n) is 2.55. The molecule has 19 heavy (non-hydrogen) atoms. The minimum absolute atomic E-state index is 0.00952. The molecule has 0 aliphatic carbocycles. The Morgan fingerprint density at radius 3 is 2.74 bits per heavy atom. The van der Waals surface area contributed by atoms with Crippen molar-refractivity contribution in [3.8, 4) is 11.6 Å². The van der Waals surface area contributed by atoms with Gasteiger partial charge < -0.3 is 14.8 Å². The first-order valence-corrected chi connectivity index (χ1v) is 5.88. The van der Waals surface area contributed by atoms with Crippen molar-refractivity contribution in [1.29, 1.82) is 0 Å². The number of fused-ring (bicyclic) bond motifs is 1. The van der Waals surface area contributed by atoms with Crippen molar-refractivity contribution in [2.24, 2.45) is 0 Å². The van der Waals surface area contributed by atoms with Crippen LogP contribution in [0.1, 0.15) is 5.56 Å². The minimum atomic E-state index is -0.00952. The molecule has 0 bridgehead atoms. The Labute approximate surface area is 113 Å². The Morgan fingerprint density at radius 2 is 2.00 bits per heavy atom. The molecular weight excluding hydrogens is 268 g/mol. The van der Waals surface area contributed by atoms with Crippen molar-refractivity contribution in [1.82, 2.24) is 19.9 Å². The molecule has 1 aromatic carbocycles. The Kier molecular flexibility index (Phi) is 3.02. The molecule has 96 valence electrons. The Hall–Kier alpha value is -2.18. The van der Waals surface area contributed by atoms with Gasteiger partial charge in [0.1, 0.15) is 11.3 Å². The van der Waals surface area contributed by atoms with Crippen molar-refractivity contribution in [2.75, 3.05) is 0 Å². The van der Waals surface area contributed by atoms with Crippen molar-refractivity contribution in [3.05, 3.63) is 41.4 Å². The van der Waals surface area contributed by atoms with Gasteiger partial charge in [0, 0.05) is 0 Å². The van der Waals surface area contributed by atoms with Gasteiger partial charge in [-0.15, -0.1) is 0 Å². The number of H-pyrrole nitrogens is 1. The average molecular weight is 277 g/mol. The van der Waals surface area contributed by atoms with Crippen LogP contribution in [-0.2, 0) is 6.61 Å². The Morgan fingerprint density at radius 1 is 1.21 bits per heavy atom. The highest BCUT2D eigenvalue weighted by Crippen LogP contribution is 2.26. The number of aromatic nitrogens is 4. The lowest BCUT2D eigenvalue weighted by Crippen LogP contribution is -1.93. The summed E-state index contributed by atoms with van der Waals surface area (Å²) in [7, 11) is 0. The van der Waals surface area contributed by atoms with Crippen LogP contribution < -0.4 is 4.74 Å². The SMILES string of the molecule is OCc1ccc(Oc2nc(Cl)nc3nc[nH]c23)cc1. The van der Waals surface area contributed by atoms with Gasteiger partial charge in [-0.3, -0.25) is 0 Å². The average Bonchev–Trinajstić information content (AvgIpc) is 2.88. The van der Waals surface area contributed by atoms with E-state index in [1.165, 1.54) is 6.33 Å². The van der Waals surface area contributed by atoms with E-state index in [-0.39, 0.29) is 11.9 Å². The molecular formula is C12H9ClN4O2. The topological polar surface area (TPSA) is 83.9 Å². The van der Waals surface area contributed by atoms with E-state index in [9.17, 15) is 0 Å². The number of benzene rings is 1. The number of ether oxygens (including phenoxy) is 1. The number of halogens is 1. The molecule has 2 N–H and O–H groups in total. The van der Waals surface area contributed by atoms with Gasteiger partial charge in [0.05, 0.1) is 12.9 Å². The number of aliphatic hydroxyl groups is 1. The highest BCUT2D eigenvalue weighted by Gasteiger charge is 2.10. The second kappa shape index (κ2) is 4.83. The lowest BCUT2D eigenvalue weighted by molar-refractivity contribution is 0.281. The van der Waals surface area contributed by atoms with Crippen molar-refractivity contribution >= 4 is 22.8 Å². The van der Waals surface area contributed by atoms with Gasteiger partial charge in [-0.25, -0.2) is 4.98 Å². The number of hydrogen-bond donors (Lipinski definition) is 2. The van der Waals surface area contributed by atoms with Crippen molar-refractivity contribution in [3.63, 3.8) is 0 Å². The molecule has 0 saturated heterocycles. The van der Waals surface area contributed by atoms with E-state index in [4.69, 9.17) is 21.4 Å². The number of imidazole rings is 1. The monoisotopic (exact) mass is 276 g/mol. The van der Waals surface area contributed by atoms with Crippen LogP contribution in [0.4, 0.5) is 0 Å². The quantitative estimate of drug-likeness (QED) is 0.717. The van der Waals surface area contributed by atoms with E-state index >= 15 is 0 Å². The molecule has 0 fully saturated rings. The van der Waals surface area contributed by atoms with E-state index < -0.39 is 0 Å². The second-order valence-electron chi connectivity index (χ2n) is 3.80. The third-order valence-corrected chi connectivity index (χ3v) is 2.71. The van der Waals surface area contributed by atoms with E-state index in [0.717, 1.165) is 5.56 Å². The number of aromatic amines is 1. The first-order chi connectivity index (χ1) is 9.26. The maximum atomic E-state index is 8.98. The summed E-state index contributed by atoms with van der Waals surface area (Å²) in [4.78, 5) is 14.9. The molecule has 0 radical (unpaired) electrons. The van der Waals surface area contributed by atoms with Crippen LogP contribution >= 0.6 is 11.6 Å². The maximum absolute atomic E-state index is 8.98. The van der Waals surface area contributed by atoms with Crippen molar-refractivity contribution < 1.29 is 9.84 Å². The molecule has 0 unspecified atom stereocenters. The highest BCUT2D eigenvalue weighted by molar-refractivity contribution is 6.28. The molecule has 2 aromatic heterocycles. The third kappa shape index (κ3) is 2.35. The van der Waals surface area contributed by atoms with E-state index in [0.29, 0.717) is 22.8 Å². The van der Waals surface area contributed by atoms with Gasteiger partial charge in [0.25, 0.3) is 0 Å². The number of rotatable bonds is 3. The second-order valence-corrected chi connectivity index (χ2v) is 4.14. The van der Waals surface area contributed by atoms with Gasteiger partial charge in [-0.2, -0.15) is 9.97 Å². The molecule has 0 aliphatic heterocycles. The summed E-state index contributed by atoms with van der Waals surface area (Å²) >= 11 is 5.81. The summed E-state index contributed by atoms with van der Waals surface area (Å²) in [5.41, 5.74) is 1.83. The fourth-order valence-corrected chi connectivity index (χ4v) is 1.79. The van der Waals surface area contributed by atoms with E-state index in [2.05, 4.69) is 19.9 Å². The predicted molar refractivity (Wildman–Crippen MR) is 69.1 cm³/mol. The molecule has 2 heterocycles. The molecule has 7 heteroatoms. The van der Waals surface area contributed by atoms with Crippen LogP contribution in [0.3, 0.4) is 0 Å². The summed E-state index contributed by atoms with van der Waals surface area (Å²) in [6.45, 7) is -0.00952. The van der Waals surface area contributed by atoms with Crippen LogP contribution in [0.5, 0.6) is 11.6 Å². The zero-order valence-electron chi connectivity index (χ0n) is 9.67. The van der Waals surface area contributed by atoms with Crippen LogP contribution in [0, 0.1) is 0 Å². The van der Waals surface area contributed by atoms with Gasteiger partial charge in [-0.05, 0) is 29.3 Å². The summed E-state index contributed by atoms with van der Waals surface area (Å²) in [5, 5.41) is 9.05. The van der Waals surface area contributed by atoms with Crippen LogP contribution in [-0.4, -0.2) is 25.0 Å². The first-order valence-electron chi connectivity index (χ1n) is 5.50. The largest absolute Gasteiger partial charge is 0.437 e. The molecule has 3 aromatic rings. The van der Waals surface area contributed by atoms with Crippen LogP contribution in [0.2, 0.25) is 5.28 Å². The number of hydrogen-bond acceptors (Lipinski definition) is 5. The minimum Gasteiger partial charge on any atom is -0.437 e. The molecule has 0 aliphatic rings. The summed E-state index contributed by atoms with van der Waals surface area (Å²) < 4.78 is 5.64. The van der Waals surface area contributed by atoms with Crippen LogP contribution in [0.15, 0.2) is 30.6 Å². The lowest BCUT2D eigenvalue weighted by atomic mass is 10.2. The highest BCUT2D eigenvalue weighted by atomic mass is 35.5. The summed E-state index contributed by atoms with van der Waals surface area (Å²) in [5.74, 6) is 0.895. The zero-order chi connectivity index (χ0) is 13.2. The molecule has 3 rings (SSSR count). The first kappa shape index (κ1) is 11.9. The van der Waals surface area contributed by atoms with Crippen LogP contribution in [0.25, 0.3) is 11.2 Å². The van der Waals surface area contributed by atoms with E-state index in [1.807, 2.05) is 0 Å². The predicted octanol–water partition coefficient (Wildman–Crippen LogP) is 2.29. The lowest BCUT2D eigenvalue weighted by Gasteiger charge is -2.06. The zero-order valence-corrected chi connectivity index (χ0v) is 10.4. The van der Waals surface area contributed by atoms with Crippen molar-refractivity contribution in [2.45, 2.75) is 6.61 Å². The molecule has 0 atom stereocenters. The fraction of sp³-hybridized carbons (Fsp3) is 0.0833. The van der Waals surface area contributed by atoms with Gasteiger partial charge in [0.2, 0.25) is 11.2 Å². The smallest absolute Gasteiger partial charge is 0.250 e. The number of aliphatic hydroxyl groups excluding tert-OH is 1. The maximum Gasteiger partial charge on any atom is 0.250 e. The molecule has 0 saturated carbocycles. The Bertz CT molecular complexity index is 711. The number of nitrogens with one attached hydrogen (secondary N) is 1. The molecule has 0 amide bonds. The molecule has 0 spiro atoms. The Balaban J connectivity index is 1.97. The van der Waals surface area contributed by atoms with Gasteiger partial charge in [-0.1, -0.05) is 12.1 Å². The number of nitrogens with zero attached hydrogens (tertiary/aromatic N) is 3. The fourth-order valence-electron chi connectivity index (χ4n) is 1.63. The van der Waals surface area contributed by atoms with Gasteiger partial charge >= 0.3 is 0 Å². The summed E-state index contributed by atoms with van der Waals surface area (Å²) in [6, 6.07) is 7.01. The normalized spacial score (nSPS) is 10.8. The molecule has 6 nitrogen and oxygen atoms in total. The summed E-state index contributed by atoms with van der Waals surface area (Å²) in [6.07, 6.45) is 1.50.